The van der Waals surface area contributed by atoms with E-state index in [4.69, 9.17) is 4.74 Å². The zero-order valence-corrected chi connectivity index (χ0v) is 22.7. The van der Waals surface area contributed by atoms with Crippen molar-refractivity contribution in [2.45, 2.75) is 77.0 Å². The topological polar surface area (TPSA) is 58.6 Å². The molecule has 5 aliphatic carbocycles. The van der Waals surface area contributed by atoms with Crippen LogP contribution in [0.1, 0.15) is 88.2 Å². The maximum atomic E-state index is 12.3. The Morgan fingerprint density at radius 2 is 1.39 bits per heavy atom. The minimum absolute atomic E-state index is 0.235. The fraction of sp³-hybridized carbons (Fsp3) is 0.559. The maximum Gasteiger partial charge on any atom is 0.223 e. The second-order valence-electron chi connectivity index (χ2n) is 12.4. The van der Waals surface area contributed by atoms with Crippen molar-refractivity contribution in [2.24, 2.45) is 29.6 Å². The van der Waals surface area contributed by atoms with Crippen molar-refractivity contribution in [3.05, 3.63) is 65.2 Å². The normalized spacial score (nSPS) is 26.4. The van der Waals surface area contributed by atoms with Gasteiger partial charge >= 0.3 is 0 Å². The first kappa shape index (κ1) is 25.5. The third-order valence-corrected chi connectivity index (χ3v) is 9.72. The zero-order valence-electron chi connectivity index (χ0n) is 22.7. The van der Waals surface area contributed by atoms with Crippen molar-refractivity contribution < 1.29 is 14.6 Å². The van der Waals surface area contributed by atoms with E-state index in [-0.39, 0.29) is 11.8 Å². The lowest BCUT2D eigenvalue weighted by atomic mass is 9.53. The standard InChI is InChI=1S/C34H43NO3/c36-30-12-8-25(9-13-30)32(33-28-19-23-18-24(21-28)22-29(33)20-23)26-10-14-31(15-11-26)38-17-5-4-16-35-34(37)27-6-2-1-3-7-27/h8-15,23-24,27-29,36H,1-7,16-22H2,(H,35,37). The van der Waals surface area contributed by atoms with E-state index < -0.39 is 0 Å². The van der Waals surface area contributed by atoms with Gasteiger partial charge in [0.25, 0.3) is 0 Å². The average Bonchev–Trinajstić information content (AvgIpc) is 2.94. The Hall–Kier alpha value is -2.75. The number of aromatic hydroxyl groups is 1. The molecule has 0 unspecified atom stereocenters. The first-order valence-electron chi connectivity index (χ1n) is 15.2. The Morgan fingerprint density at radius 1 is 0.789 bits per heavy atom. The molecule has 202 valence electrons. The number of nitrogens with one attached hydrogen (secondary N) is 1. The van der Waals surface area contributed by atoms with Gasteiger partial charge in [-0.15, -0.1) is 0 Å². The Balaban J connectivity index is 1.08. The van der Waals surface area contributed by atoms with Crippen molar-refractivity contribution >= 4 is 11.5 Å². The molecule has 0 atom stereocenters. The van der Waals surface area contributed by atoms with Crippen LogP contribution >= 0.6 is 0 Å². The molecule has 5 aliphatic rings. The van der Waals surface area contributed by atoms with E-state index >= 15 is 0 Å². The summed E-state index contributed by atoms with van der Waals surface area (Å²) in [6.07, 6.45) is 14.5. The number of phenols is 1. The monoisotopic (exact) mass is 513 g/mol. The van der Waals surface area contributed by atoms with Crippen LogP contribution in [0.15, 0.2) is 54.1 Å². The van der Waals surface area contributed by atoms with E-state index in [0.717, 1.165) is 49.8 Å². The van der Waals surface area contributed by atoms with Gasteiger partial charge in [-0.25, -0.2) is 0 Å². The molecule has 4 nitrogen and oxygen atoms in total. The van der Waals surface area contributed by atoms with Crippen molar-refractivity contribution in [1.82, 2.24) is 5.32 Å². The van der Waals surface area contributed by atoms with E-state index in [1.807, 2.05) is 12.1 Å². The Morgan fingerprint density at radius 3 is 2.03 bits per heavy atom. The SMILES string of the molecule is O=C(NCCCCOc1ccc(C(=C2C3CC4CC(C3)CC2C4)c2ccc(O)cc2)cc1)C1CCCCC1. The lowest BCUT2D eigenvalue weighted by molar-refractivity contribution is -0.125. The van der Waals surface area contributed by atoms with Gasteiger partial charge in [0.1, 0.15) is 11.5 Å². The second-order valence-corrected chi connectivity index (χ2v) is 12.4. The molecule has 2 aromatic rings. The lowest BCUT2D eigenvalue weighted by Gasteiger charge is -2.52. The molecular formula is C34H43NO3. The van der Waals surface area contributed by atoms with Gasteiger partial charge in [-0.1, -0.05) is 49.1 Å². The number of carbonyl (C=O) groups excluding carboxylic acids is 1. The molecule has 0 radical (unpaired) electrons. The van der Waals surface area contributed by atoms with Gasteiger partial charge in [-0.05, 0) is 122 Å². The summed E-state index contributed by atoms with van der Waals surface area (Å²) < 4.78 is 6.06. The highest BCUT2D eigenvalue weighted by molar-refractivity contribution is 5.83. The quantitative estimate of drug-likeness (QED) is 0.341. The van der Waals surface area contributed by atoms with E-state index in [1.165, 1.54) is 68.1 Å². The molecule has 0 aliphatic heterocycles. The van der Waals surface area contributed by atoms with Crippen LogP contribution in [-0.2, 0) is 4.79 Å². The molecule has 2 aromatic carbocycles. The van der Waals surface area contributed by atoms with Crippen molar-refractivity contribution in [2.75, 3.05) is 13.2 Å². The number of allylic oxidation sites excluding steroid dienone is 1. The Bertz CT molecular complexity index is 1100. The predicted molar refractivity (Wildman–Crippen MR) is 152 cm³/mol. The van der Waals surface area contributed by atoms with Gasteiger partial charge in [-0.3, -0.25) is 4.79 Å². The van der Waals surface area contributed by atoms with Crippen LogP contribution < -0.4 is 10.1 Å². The molecule has 4 heteroatoms. The summed E-state index contributed by atoms with van der Waals surface area (Å²) in [4.78, 5) is 12.3. The van der Waals surface area contributed by atoms with Gasteiger partial charge in [0, 0.05) is 12.5 Å². The first-order chi connectivity index (χ1) is 18.6. The third-order valence-electron chi connectivity index (χ3n) is 9.72. The number of hydrogen-bond donors (Lipinski definition) is 2. The Kier molecular flexibility index (Phi) is 7.76. The van der Waals surface area contributed by atoms with Crippen LogP contribution in [0, 0.1) is 29.6 Å². The number of benzene rings is 2. The maximum absolute atomic E-state index is 12.3. The molecular weight excluding hydrogens is 470 g/mol. The second kappa shape index (κ2) is 11.6. The van der Waals surface area contributed by atoms with Crippen LogP contribution in [0.3, 0.4) is 0 Å². The summed E-state index contributed by atoms with van der Waals surface area (Å²) in [6, 6.07) is 16.5. The fourth-order valence-electron chi connectivity index (χ4n) is 8.08. The number of amides is 1. The summed E-state index contributed by atoms with van der Waals surface area (Å²) in [5.41, 5.74) is 5.54. The molecule has 7 rings (SSSR count). The van der Waals surface area contributed by atoms with Gasteiger partial charge in [0.15, 0.2) is 0 Å². The summed E-state index contributed by atoms with van der Waals surface area (Å²) in [5.74, 6) is 4.99. The van der Waals surface area contributed by atoms with Crippen LogP contribution in [0.25, 0.3) is 5.57 Å². The van der Waals surface area contributed by atoms with Crippen LogP contribution in [0.4, 0.5) is 0 Å². The van der Waals surface area contributed by atoms with E-state index in [9.17, 15) is 9.90 Å². The molecule has 0 saturated heterocycles. The highest BCUT2D eigenvalue weighted by Gasteiger charge is 2.46. The first-order valence-corrected chi connectivity index (χ1v) is 15.2. The third kappa shape index (κ3) is 5.65. The number of phenolic OH excluding ortho intramolecular Hbond substituents is 1. The molecule has 0 aromatic heterocycles. The largest absolute Gasteiger partial charge is 0.508 e. The van der Waals surface area contributed by atoms with E-state index in [2.05, 4.69) is 41.7 Å². The summed E-state index contributed by atoms with van der Waals surface area (Å²) in [7, 11) is 0. The zero-order chi connectivity index (χ0) is 25.9. The molecule has 2 N–H and O–H groups in total. The molecule has 4 bridgehead atoms. The summed E-state index contributed by atoms with van der Waals surface area (Å²) in [6.45, 7) is 1.41. The smallest absolute Gasteiger partial charge is 0.223 e. The minimum atomic E-state index is 0.235. The highest BCUT2D eigenvalue weighted by Crippen LogP contribution is 2.58. The summed E-state index contributed by atoms with van der Waals surface area (Å²) in [5, 5.41) is 13.1. The molecule has 1 amide bonds. The fourth-order valence-corrected chi connectivity index (χ4v) is 8.08. The lowest BCUT2D eigenvalue weighted by Crippen LogP contribution is -2.40. The predicted octanol–water partition coefficient (Wildman–Crippen LogP) is 7.51. The molecule has 5 saturated carbocycles. The minimum Gasteiger partial charge on any atom is -0.508 e. The van der Waals surface area contributed by atoms with Gasteiger partial charge in [0.2, 0.25) is 5.91 Å². The summed E-state index contributed by atoms with van der Waals surface area (Å²) >= 11 is 0. The number of unbranched alkanes of at least 4 members (excludes halogenated alkanes) is 1. The van der Waals surface area contributed by atoms with Gasteiger partial charge in [-0.2, -0.15) is 0 Å². The Labute approximate surface area is 227 Å². The van der Waals surface area contributed by atoms with Crippen LogP contribution in [0.5, 0.6) is 11.5 Å². The molecule has 0 heterocycles. The van der Waals surface area contributed by atoms with E-state index in [1.54, 1.807) is 5.57 Å². The number of ether oxygens (including phenoxy) is 1. The van der Waals surface area contributed by atoms with Crippen LogP contribution in [0.2, 0.25) is 0 Å². The molecule has 38 heavy (non-hydrogen) atoms. The number of carbonyl (C=O) groups is 1. The number of hydrogen-bond acceptors (Lipinski definition) is 3. The number of rotatable bonds is 9. The van der Waals surface area contributed by atoms with Gasteiger partial charge < -0.3 is 15.2 Å². The van der Waals surface area contributed by atoms with Crippen molar-refractivity contribution in [1.29, 1.82) is 0 Å². The van der Waals surface area contributed by atoms with E-state index in [0.29, 0.717) is 24.2 Å². The average molecular weight is 514 g/mol. The van der Waals surface area contributed by atoms with Crippen LogP contribution in [-0.4, -0.2) is 24.2 Å². The molecule has 0 spiro atoms. The van der Waals surface area contributed by atoms with Gasteiger partial charge in [0.05, 0.1) is 6.61 Å². The molecule has 5 fully saturated rings. The highest BCUT2D eigenvalue weighted by atomic mass is 16.5. The van der Waals surface area contributed by atoms with Crippen molar-refractivity contribution in [3.8, 4) is 11.5 Å². The van der Waals surface area contributed by atoms with Crippen molar-refractivity contribution in [3.63, 3.8) is 0 Å².